The summed E-state index contributed by atoms with van der Waals surface area (Å²) in [5.74, 6) is -0.406. The molecule has 1 aliphatic heterocycles. The molecule has 1 fully saturated rings. The van der Waals surface area contributed by atoms with E-state index < -0.39 is 11.7 Å². The van der Waals surface area contributed by atoms with E-state index in [1.165, 1.54) is 12.1 Å². The third-order valence-corrected chi connectivity index (χ3v) is 6.81. The predicted molar refractivity (Wildman–Crippen MR) is 144 cm³/mol. The van der Waals surface area contributed by atoms with E-state index in [1.807, 2.05) is 44.4 Å². The number of hydrogen-bond acceptors (Lipinski definition) is 6. The molecular weight excluding hydrogens is 470 g/mol. The third kappa shape index (κ3) is 6.63. The Morgan fingerprint density at radius 2 is 1.70 bits per heavy atom. The van der Waals surface area contributed by atoms with E-state index in [9.17, 15) is 19.8 Å². The number of benzene rings is 2. The molecule has 2 N–H and O–H groups in total. The lowest BCUT2D eigenvalue weighted by molar-refractivity contribution is 0.00564. The fraction of sp³-hybridized carbons (Fsp3) is 0.448. The maximum atomic E-state index is 13.1. The number of pyridine rings is 1. The molecule has 0 spiro atoms. The van der Waals surface area contributed by atoms with E-state index in [0.29, 0.717) is 12.1 Å². The van der Waals surface area contributed by atoms with E-state index in [4.69, 9.17) is 4.74 Å². The molecule has 8 heteroatoms. The minimum atomic E-state index is -0.628. The summed E-state index contributed by atoms with van der Waals surface area (Å²) in [5.41, 5.74) is 2.17. The van der Waals surface area contributed by atoms with Crippen LogP contribution in [0.5, 0.6) is 11.5 Å². The highest BCUT2D eigenvalue weighted by atomic mass is 16.6. The summed E-state index contributed by atoms with van der Waals surface area (Å²) in [4.78, 5) is 29.8. The molecule has 0 atom stereocenters. The quantitative estimate of drug-likeness (QED) is 0.473. The number of phenolic OH excluding ortho intramolecular Hbond substituents is 2. The minimum Gasteiger partial charge on any atom is -0.504 e. The largest absolute Gasteiger partial charge is 0.504 e. The van der Waals surface area contributed by atoms with Crippen LogP contribution in [0.15, 0.2) is 53.3 Å². The summed E-state index contributed by atoms with van der Waals surface area (Å²) in [6, 6.07) is 14.2. The van der Waals surface area contributed by atoms with Gasteiger partial charge >= 0.3 is 6.09 Å². The van der Waals surface area contributed by atoms with Gasteiger partial charge in [-0.15, -0.1) is 0 Å². The molecule has 0 radical (unpaired) electrons. The maximum Gasteiger partial charge on any atom is 0.410 e. The van der Waals surface area contributed by atoms with E-state index in [-0.39, 0.29) is 29.6 Å². The van der Waals surface area contributed by atoms with Crippen molar-refractivity contribution in [3.8, 4) is 11.5 Å². The van der Waals surface area contributed by atoms with Crippen LogP contribution in [0, 0.1) is 6.92 Å². The number of amides is 1. The monoisotopic (exact) mass is 507 g/mol. The normalized spacial score (nSPS) is 15.1. The fourth-order valence-electron chi connectivity index (χ4n) is 4.85. The highest BCUT2D eigenvalue weighted by molar-refractivity contribution is 5.79. The number of hydrogen-bond donors (Lipinski definition) is 2. The zero-order valence-corrected chi connectivity index (χ0v) is 22.1. The zero-order valence-electron chi connectivity index (χ0n) is 22.1. The van der Waals surface area contributed by atoms with Crippen LogP contribution in [0.4, 0.5) is 4.79 Å². The smallest absolute Gasteiger partial charge is 0.410 e. The van der Waals surface area contributed by atoms with Gasteiger partial charge in [0, 0.05) is 44.8 Å². The lowest BCUT2D eigenvalue weighted by Crippen LogP contribution is -2.49. The van der Waals surface area contributed by atoms with Gasteiger partial charge in [0.2, 0.25) is 0 Å². The molecule has 0 aliphatic carbocycles. The molecule has 1 aliphatic rings. The molecule has 8 nitrogen and oxygen atoms in total. The first-order valence-electron chi connectivity index (χ1n) is 12.8. The van der Waals surface area contributed by atoms with Gasteiger partial charge in [0.15, 0.2) is 11.5 Å². The number of aryl methyl sites for hydroxylation is 1. The number of rotatable bonds is 6. The Hall–Kier alpha value is -3.52. The molecule has 3 aromatic rings. The second-order valence-electron chi connectivity index (χ2n) is 10.9. The van der Waals surface area contributed by atoms with Crippen molar-refractivity contribution < 1.29 is 19.7 Å². The number of nitrogens with zero attached hydrogens (tertiary/aromatic N) is 3. The van der Waals surface area contributed by atoms with Crippen LogP contribution >= 0.6 is 0 Å². The highest BCUT2D eigenvalue weighted by Crippen LogP contribution is 2.28. The first-order chi connectivity index (χ1) is 17.5. The van der Waals surface area contributed by atoms with Gasteiger partial charge in [-0.2, -0.15) is 0 Å². The number of ether oxygens (including phenoxy) is 1. The van der Waals surface area contributed by atoms with Gasteiger partial charge in [-0.05, 0) is 81.3 Å². The Kier molecular flexibility index (Phi) is 7.78. The Morgan fingerprint density at radius 3 is 2.38 bits per heavy atom. The predicted octanol–water partition coefficient (Wildman–Crippen LogP) is 4.62. The van der Waals surface area contributed by atoms with Gasteiger partial charge in [0.25, 0.3) is 5.56 Å². The number of likely N-dealkylation sites (tertiary alicyclic amines) is 1. The van der Waals surface area contributed by atoms with Crippen LogP contribution in [0.25, 0.3) is 10.9 Å². The van der Waals surface area contributed by atoms with Gasteiger partial charge in [-0.25, -0.2) is 4.79 Å². The van der Waals surface area contributed by atoms with Crippen molar-refractivity contribution in [2.24, 2.45) is 0 Å². The number of aromatic hydroxyl groups is 2. The van der Waals surface area contributed by atoms with Crippen molar-refractivity contribution in [1.82, 2.24) is 14.4 Å². The molecule has 0 unspecified atom stereocenters. The lowest BCUT2D eigenvalue weighted by Gasteiger charge is -2.39. The van der Waals surface area contributed by atoms with Crippen LogP contribution < -0.4 is 5.56 Å². The number of aromatic nitrogens is 1. The van der Waals surface area contributed by atoms with Crippen LogP contribution in [-0.2, 0) is 17.8 Å². The molecule has 2 aromatic carbocycles. The molecule has 0 saturated carbocycles. The summed E-state index contributed by atoms with van der Waals surface area (Å²) < 4.78 is 7.54. The topological polar surface area (TPSA) is 95.2 Å². The van der Waals surface area contributed by atoms with Crippen molar-refractivity contribution >= 4 is 17.0 Å². The number of fused-ring (bicyclic) bond motifs is 1. The van der Waals surface area contributed by atoms with Crippen molar-refractivity contribution in [2.75, 3.05) is 19.6 Å². The Morgan fingerprint density at radius 1 is 1.00 bits per heavy atom. The summed E-state index contributed by atoms with van der Waals surface area (Å²) in [6.45, 7) is 10.8. The van der Waals surface area contributed by atoms with E-state index in [0.717, 1.165) is 48.9 Å². The number of carbonyl (C=O) groups is 1. The van der Waals surface area contributed by atoms with Crippen molar-refractivity contribution in [2.45, 2.75) is 65.3 Å². The SMILES string of the molecule is Cc1ccc2ccc(=O)n(CCN3CCC(N(Cc4ccc(O)c(O)c4)C(=O)OC(C)(C)C)CC3)c2c1. The average molecular weight is 508 g/mol. The van der Waals surface area contributed by atoms with Gasteiger partial charge < -0.3 is 29.3 Å². The fourth-order valence-corrected chi connectivity index (χ4v) is 4.85. The van der Waals surface area contributed by atoms with Crippen LogP contribution in [0.1, 0.15) is 44.7 Å². The summed E-state index contributed by atoms with van der Waals surface area (Å²) in [6.07, 6.45) is 1.15. The average Bonchev–Trinajstić information content (AvgIpc) is 2.83. The maximum absolute atomic E-state index is 13.1. The number of carbonyl (C=O) groups excluding carboxylic acids is 1. The first-order valence-corrected chi connectivity index (χ1v) is 12.8. The molecule has 2 heterocycles. The highest BCUT2D eigenvalue weighted by Gasteiger charge is 2.31. The third-order valence-electron chi connectivity index (χ3n) is 6.81. The summed E-state index contributed by atoms with van der Waals surface area (Å²) in [5, 5.41) is 20.6. The minimum absolute atomic E-state index is 0.00115. The van der Waals surface area contributed by atoms with Gasteiger partial charge in [-0.1, -0.05) is 18.2 Å². The van der Waals surface area contributed by atoms with Crippen LogP contribution in [0.2, 0.25) is 0 Å². The summed E-state index contributed by atoms with van der Waals surface area (Å²) in [7, 11) is 0. The molecular formula is C29H37N3O5. The Balaban J connectivity index is 1.43. The Labute approximate surface area is 217 Å². The van der Waals surface area contributed by atoms with Crippen molar-refractivity contribution in [1.29, 1.82) is 0 Å². The van der Waals surface area contributed by atoms with E-state index in [2.05, 4.69) is 17.0 Å². The molecule has 1 saturated heterocycles. The number of piperidine rings is 1. The van der Waals surface area contributed by atoms with E-state index in [1.54, 1.807) is 17.0 Å². The van der Waals surface area contributed by atoms with Gasteiger partial charge in [0.05, 0.1) is 5.52 Å². The number of phenols is 2. The molecule has 198 valence electrons. The standard InChI is InChI=1S/C29H37N3O5/c1-20-5-7-22-8-10-27(35)31(24(22)17-20)16-15-30-13-11-23(12-14-30)32(28(36)37-29(2,3)4)19-21-6-9-25(33)26(34)18-21/h5-10,17-18,23,33-34H,11-16,19H2,1-4H3. The molecule has 0 bridgehead atoms. The van der Waals surface area contributed by atoms with Crippen molar-refractivity contribution in [3.05, 3.63) is 70.0 Å². The molecule has 1 aromatic heterocycles. The molecule has 1 amide bonds. The van der Waals surface area contributed by atoms with Gasteiger partial charge in [0.1, 0.15) is 5.60 Å². The molecule has 4 rings (SSSR count). The molecule has 37 heavy (non-hydrogen) atoms. The first kappa shape index (κ1) is 26.5. The second-order valence-corrected chi connectivity index (χ2v) is 10.9. The lowest BCUT2D eigenvalue weighted by atomic mass is 10.0. The van der Waals surface area contributed by atoms with Crippen LogP contribution in [0.3, 0.4) is 0 Å². The zero-order chi connectivity index (χ0) is 26.7. The van der Waals surface area contributed by atoms with Crippen molar-refractivity contribution in [3.63, 3.8) is 0 Å². The Bertz CT molecular complexity index is 1320. The van der Waals surface area contributed by atoms with Crippen LogP contribution in [-0.4, -0.2) is 62.0 Å². The van der Waals surface area contributed by atoms with Gasteiger partial charge in [-0.3, -0.25) is 4.79 Å². The summed E-state index contributed by atoms with van der Waals surface area (Å²) >= 11 is 0. The second kappa shape index (κ2) is 10.8. The van der Waals surface area contributed by atoms with E-state index >= 15 is 0 Å².